The molecule has 0 aliphatic heterocycles. The Morgan fingerprint density at radius 1 is 1.32 bits per heavy atom. The van der Waals surface area contributed by atoms with Crippen LogP contribution in [0.15, 0.2) is 34.8 Å². The summed E-state index contributed by atoms with van der Waals surface area (Å²) in [6, 6.07) is 10.3. The summed E-state index contributed by atoms with van der Waals surface area (Å²) in [6.45, 7) is 3.08. The average molecular weight is 379 g/mol. The first-order valence-electron chi connectivity index (χ1n) is 6.05. The normalized spacial score (nSPS) is 12.6. The van der Waals surface area contributed by atoms with E-state index in [4.69, 9.17) is 23.2 Å². The Labute approximate surface area is 136 Å². The van der Waals surface area contributed by atoms with Gasteiger partial charge in [0, 0.05) is 10.0 Å². The summed E-state index contributed by atoms with van der Waals surface area (Å²) < 4.78 is 2.53. The van der Waals surface area contributed by atoms with Gasteiger partial charge in [-0.3, -0.25) is 0 Å². The van der Waals surface area contributed by atoms with E-state index in [0.29, 0.717) is 0 Å². The molecule has 0 spiro atoms. The second-order valence-electron chi connectivity index (χ2n) is 4.22. The van der Waals surface area contributed by atoms with Crippen molar-refractivity contribution in [3.05, 3.63) is 54.6 Å². The van der Waals surface area contributed by atoms with Gasteiger partial charge < -0.3 is 5.32 Å². The van der Waals surface area contributed by atoms with Gasteiger partial charge in [0.25, 0.3) is 0 Å². The molecule has 102 valence electrons. The van der Waals surface area contributed by atoms with E-state index in [2.05, 4.69) is 40.3 Å². The van der Waals surface area contributed by atoms with Gasteiger partial charge in [-0.15, -0.1) is 11.3 Å². The second kappa shape index (κ2) is 7.09. The summed E-state index contributed by atoms with van der Waals surface area (Å²) in [5.41, 5.74) is 2.22. The molecule has 19 heavy (non-hydrogen) atoms. The Morgan fingerprint density at radius 2 is 2.11 bits per heavy atom. The lowest BCUT2D eigenvalue weighted by molar-refractivity contribution is 0.600. The highest BCUT2D eigenvalue weighted by Crippen LogP contribution is 2.37. The first kappa shape index (κ1) is 15.3. The lowest BCUT2D eigenvalue weighted by atomic mass is 10.0. The maximum absolute atomic E-state index is 6.29. The molecule has 2 aromatic rings. The number of rotatable bonds is 5. The van der Waals surface area contributed by atoms with Crippen molar-refractivity contribution >= 4 is 50.5 Å². The van der Waals surface area contributed by atoms with Crippen LogP contribution >= 0.6 is 50.5 Å². The Balaban J connectivity index is 2.38. The first-order chi connectivity index (χ1) is 9.11. The number of hydrogen-bond acceptors (Lipinski definition) is 2. The van der Waals surface area contributed by atoms with Crippen LogP contribution in [0.3, 0.4) is 0 Å². The molecule has 5 heteroatoms. The van der Waals surface area contributed by atoms with E-state index in [1.807, 2.05) is 18.2 Å². The van der Waals surface area contributed by atoms with Crippen molar-refractivity contribution < 1.29 is 0 Å². The highest BCUT2D eigenvalue weighted by atomic mass is 79.9. The maximum atomic E-state index is 6.29. The molecule has 1 nitrogen and oxygen atoms in total. The zero-order valence-corrected chi connectivity index (χ0v) is 14.3. The third kappa shape index (κ3) is 3.96. The van der Waals surface area contributed by atoms with E-state index in [0.717, 1.165) is 31.7 Å². The van der Waals surface area contributed by atoms with Gasteiger partial charge in [-0.1, -0.05) is 58.2 Å². The lowest BCUT2D eigenvalue weighted by Gasteiger charge is -2.19. The summed E-state index contributed by atoms with van der Waals surface area (Å²) in [5, 5.41) is 3.53. The molecule has 1 unspecified atom stereocenters. The smallest absolute Gasteiger partial charge is 0.0995 e. The van der Waals surface area contributed by atoms with Crippen LogP contribution in [-0.2, 0) is 0 Å². The fourth-order valence-electron chi connectivity index (χ4n) is 1.93. The molecular formula is C14H14BrCl2NS. The van der Waals surface area contributed by atoms with Gasteiger partial charge in [0.1, 0.15) is 0 Å². The topological polar surface area (TPSA) is 12.0 Å². The molecule has 0 aliphatic rings. The summed E-state index contributed by atoms with van der Waals surface area (Å²) in [6.07, 6.45) is 1.07. The van der Waals surface area contributed by atoms with Crippen LogP contribution < -0.4 is 5.32 Å². The van der Waals surface area contributed by atoms with Crippen molar-refractivity contribution in [2.75, 3.05) is 6.54 Å². The van der Waals surface area contributed by atoms with Gasteiger partial charge in [-0.25, -0.2) is 0 Å². The zero-order valence-electron chi connectivity index (χ0n) is 10.4. The van der Waals surface area contributed by atoms with Crippen LogP contribution in [0.1, 0.15) is 30.5 Å². The minimum Gasteiger partial charge on any atom is -0.306 e. The molecule has 0 aliphatic carbocycles. The number of thiophene rings is 1. The van der Waals surface area contributed by atoms with E-state index < -0.39 is 0 Å². The molecule has 0 saturated heterocycles. The highest BCUT2D eigenvalue weighted by molar-refractivity contribution is 9.10. The first-order valence-corrected chi connectivity index (χ1v) is 8.42. The zero-order chi connectivity index (χ0) is 13.8. The fourth-order valence-corrected chi connectivity index (χ4v) is 3.88. The minimum atomic E-state index is 0.0775. The van der Waals surface area contributed by atoms with E-state index >= 15 is 0 Å². The maximum Gasteiger partial charge on any atom is 0.0995 e. The number of halogens is 3. The van der Waals surface area contributed by atoms with E-state index in [9.17, 15) is 0 Å². The van der Waals surface area contributed by atoms with Gasteiger partial charge in [0.2, 0.25) is 0 Å². The molecule has 2 rings (SSSR count). The Kier molecular flexibility index (Phi) is 5.72. The molecule has 1 heterocycles. The quantitative estimate of drug-likeness (QED) is 0.682. The Morgan fingerprint density at radius 3 is 2.68 bits per heavy atom. The number of nitrogens with one attached hydrogen (secondary N) is 1. The predicted molar refractivity (Wildman–Crippen MR) is 88.6 cm³/mol. The van der Waals surface area contributed by atoms with E-state index in [1.54, 1.807) is 0 Å². The second-order valence-corrected chi connectivity index (χ2v) is 7.42. The van der Waals surface area contributed by atoms with Gasteiger partial charge in [0.15, 0.2) is 0 Å². The molecule has 0 bridgehead atoms. The average Bonchev–Trinajstić information content (AvgIpc) is 2.69. The van der Waals surface area contributed by atoms with Gasteiger partial charge in [0.05, 0.1) is 14.7 Å². The molecule has 1 aromatic heterocycles. The van der Waals surface area contributed by atoms with E-state index in [1.165, 1.54) is 16.9 Å². The highest BCUT2D eigenvalue weighted by Gasteiger charge is 2.19. The summed E-state index contributed by atoms with van der Waals surface area (Å²) in [4.78, 5) is 0. The van der Waals surface area contributed by atoms with Crippen molar-refractivity contribution in [3.63, 3.8) is 0 Å². The molecule has 0 saturated carbocycles. The van der Waals surface area contributed by atoms with Crippen LogP contribution in [0.4, 0.5) is 0 Å². The molecule has 0 radical (unpaired) electrons. The van der Waals surface area contributed by atoms with Crippen molar-refractivity contribution in [3.8, 4) is 0 Å². The molecule has 1 N–H and O–H groups in total. The van der Waals surface area contributed by atoms with Crippen LogP contribution in [0.5, 0.6) is 0 Å². The molecule has 0 fully saturated rings. The van der Waals surface area contributed by atoms with Gasteiger partial charge in [-0.2, -0.15) is 0 Å². The molecular weight excluding hydrogens is 365 g/mol. The summed E-state index contributed by atoms with van der Waals surface area (Å²) >= 11 is 17.3. The monoisotopic (exact) mass is 377 g/mol. The molecule has 1 atom stereocenters. The number of hydrogen-bond donors (Lipinski definition) is 1. The molecule has 1 aromatic carbocycles. The van der Waals surface area contributed by atoms with Crippen molar-refractivity contribution in [1.29, 1.82) is 0 Å². The van der Waals surface area contributed by atoms with Crippen molar-refractivity contribution in [2.45, 2.75) is 19.4 Å². The standard InChI is InChI=1S/C14H14BrCl2NS/c1-2-6-18-13(9-4-3-5-10(15)7-9)11-8-12(16)19-14(11)17/h3-5,7-8,13,18H,2,6H2,1H3. The van der Waals surface area contributed by atoms with Crippen LogP contribution in [0.25, 0.3) is 0 Å². The SMILES string of the molecule is CCCNC(c1cccc(Br)c1)c1cc(Cl)sc1Cl. The Bertz CT molecular complexity index is 556. The van der Waals surface area contributed by atoms with Gasteiger partial charge >= 0.3 is 0 Å². The predicted octanol–water partition coefficient (Wildman–Crippen LogP) is 5.91. The summed E-state index contributed by atoms with van der Waals surface area (Å²) in [5.74, 6) is 0. The molecule has 0 amide bonds. The third-order valence-corrected chi connectivity index (χ3v) is 4.79. The van der Waals surface area contributed by atoms with Gasteiger partial charge in [-0.05, 0) is 36.7 Å². The van der Waals surface area contributed by atoms with Crippen LogP contribution in [0.2, 0.25) is 8.67 Å². The fraction of sp³-hybridized carbons (Fsp3) is 0.286. The van der Waals surface area contributed by atoms with E-state index in [-0.39, 0.29) is 6.04 Å². The van der Waals surface area contributed by atoms with Crippen molar-refractivity contribution in [2.24, 2.45) is 0 Å². The van der Waals surface area contributed by atoms with Crippen LogP contribution in [-0.4, -0.2) is 6.54 Å². The summed E-state index contributed by atoms with van der Waals surface area (Å²) in [7, 11) is 0. The lowest BCUT2D eigenvalue weighted by Crippen LogP contribution is -2.23. The van der Waals surface area contributed by atoms with Crippen molar-refractivity contribution in [1.82, 2.24) is 5.32 Å². The largest absolute Gasteiger partial charge is 0.306 e. The third-order valence-electron chi connectivity index (χ3n) is 2.77. The number of benzene rings is 1. The van der Waals surface area contributed by atoms with Crippen LogP contribution in [0, 0.1) is 0 Å². The minimum absolute atomic E-state index is 0.0775. The Hall–Kier alpha value is -0.0600.